The molecule has 0 aromatic heterocycles. The molecule has 0 spiro atoms. The summed E-state index contributed by atoms with van der Waals surface area (Å²) in [6.07, 6.45) is 3.39. The molecule has 1 heterocycles. The van der Waals surface area contributed by atoms with Crippen LogP contribution in [-0.4, -0.2) is 21.7 Å². The van der Waals surface area contributed by atoms with Gasteiger partial charge in [-0.15, -0.1) is 6.58 Å². The van der Waals surface area contributed by atoms with E-state index < -0.39 is 5.82 Å². The second kappa shape index (κ2) is 8.69. The summed E-state index contributed by atoms with van der Waals surface area (Å²) in [5.41, 5.74) is 1.08. The molecule has 3 rings (SSSR count). The maximum absolute atomic E-state index is 13.8. The Hall–Kier alpha value is -2.15. The van der Waals surface area contributed by atoms with Crippen LogP contribution in [0.2, 0.25) is 5.02 Å². The molecule has 0 aliphatic carbocycles. The van der Waals surface area contributed by atoms with Crippen LogP contribution in [0.1, 0.15) is 11.1 Å². The molecule has 1 aliphatic rings. The molecular formula is C20H15ClFNO2S2. The zero-order valence-electron chi connectivity index (χ0n) is 14.2. The molecule has 1 aliphatic heterocycles. The number of hydrogen-bond acceptors (Lipinski definition) is 4. The van der Waals surface area contributed by atoms with E-state index in [2.05, 4.69) is 6.58 Å². The molecule has 1 saturated heterocycles. The number of rotatable bonds is 6. The van der Waals surface area contributed by atoms with Crippen LogP contribution in [0.3, 0.4) is 0 Å². The molecule has 0 N–H and O–H groups in total. The van der Waals surface area contributed by atoms with Crippen molar-refractivity contribution in [2.24, 2.45) is 0 Å². The second-order valence-electron chi connectivity index (χ2n) is 5.64. The predicted octanol–water partition coefficient (Wildman–Crippen LogP) is 5.45. The Balaban J connectivity index is 1.75. The van der Waals surface area contributed by atoms with Crippen molar-refractivity contribution in [3.8, 4) is 5.75 Å². The summed E-state index contributed by atoms with van der Waals surface area (Å²) in [7, 11) is 0. The molecule has 0 saturated carbocycles. The fourth-order valence-electron chi connectivity index (χ4n) is 2.46. The van der Waals surface area contributed by atoms with E-state index in [1.165, 1.54) is 22.7 Å². The summed E-state index contributed by atoms with van der Waals surface area (Å²) in [6.45, 7) is 4.03. The molecular weight excluding hydrogens is 405 g/mol. The van der Waals surface area contributed by atoms with Gasteiger partial charge in [0, 0.05) is 12.1 Å². The number of thioether (sulfide) groups is 1. The molecule has 7 heteroatoms. The minimum absolute atomic E-state index is 0.0103. The van der Waals surface area contributed by atoms with E-state index in [0.717, 1.165) is 5.56 Å². The van der Waals surface area contributed by atoms with Gasteiger partial charge in [-0.25, -0.2) is 4.39 Å². The van der Waals surface area contributed by atoms with E-state index in [-0.39, 0.29) is 12.5 Å². The number of ether oxygens (including phenoxy) is 1. The first kappa shape index (κ1) is 19.6. The molecule has 1 fully saturated rings. The molecule has 27 heavy (non-hydrogen) atoms. The van der Waals surface area contributed by atoms with E-state index in [4.69, 9.17) is 28.6 Å². The van der Waals surface area contributed by atoms with Crippen molar-refractivity contribution in [3.63, 3.8) is 0 Å². The Morgan fingerprint density at radius 2 is 2.07 bits per heavy atom. The van der Waals surface area contributed by atoms with Crippen LogP contribution in [0.25, 0.3) is 6.08 Å². The maximum atomic E-state index is 13.8. The Kier molecular flexibility index (Phi) is 6.31. The van der Waals surface area contributed by atoms with Gasteiger partial charge >= 0.3 is 0 Å². The highest BCUT2D eigenvalue weighted by atomic mass is 35.5. The van der Waals surface area contributed by atoms with Gasteiger partial charge in [-0.2, -0.15) is 0 Å². The molecule has 0 atom stereocenters. The Morgan fingerprint density at radius 1 is 1.30 bits per heavy atom. The standard InChI is InChI=1S/C20H15ClFNO2S2/c1-2-9-23-19(24)18(27-20(23)26)11-13-5-3-6-14(10-13)25-12-15-16(21)7-4-8-17(15)22/h2-8,10-11H,1,9,12H2/b18-11+. The fourth-order valence-corrected chi connectivity index (χ4v) is 3.95. The number of carbonyl (C=O) groups is 1. The van der Waals surface area contributed by atoms with Crippen LogP contribution in [0.5, 0.6) is 5.75 Å². The largest absolute Gasteiger partial charge is 0.489 e. The third-order valence-electron chi connectivity index (χ3n) is 3.79. The summed E-state index contributed by atoms with van der Waals surface area (Å²) in [5.74, 6) is -0.0106. The fraction of sp³-hybridized carbons (Fsp3) is 0.100. The summed E-state index contributed by atoms with van der Waals surface area (Å²) >= 11 is 12.5. The number of hydrogen-bond donors (Lipinski definition) is 0. The number of halogens is 2. The lowest BCUT2D eigenvalue weighted by molar-refractivity contribution is -0.121. The van der Waals surface area contributed by atoms with Gasteiger partial charge in [0.25, 0.3) is 5.91 Å². The zero-order valence-corrected chi connectivity index (χ0v) is 16.5. The number of nitrogens with zero attached hydrogens (tertiary/aromatic N) is 1. The molecule has 0 unspecified atom stereocenters. The van der Waals surface area contributed by atoms with Crippen molar-refractivity contribution in [2.75, 3.05) is 6.54 Å². The van der Waals surface area contributed by atoms with Gasteiger partial charge in [-0.05, 0) is 35.9 Å². The lowest BCUT2D eigenvalue weighted by atomic mass is 10.2. The zero-order chi connectivity index (χ0) is 19.4. The highest BCUT2D eigenvalue weighted by Gasteiger charge is 2.30. The first-order valence-corrected chi connectivity index (χ1v) is 9.62. The van der Waals surface area contributed by atoms with Crippen LogP contribution in [0, 0.1) is 5.82 Å². The molecule has 0 radical (unpaired) electrons. The number of amides is 1. The van der Waals surface area contributed by atoms with Crippen molar-refractivity contribution in [1.29, 1.82) is 0 Å². The van der Waals surface area contributed by atoms with Gasteiger partial charge in [0.1, 0.15) is 22.5 Å². The minimum atomic E-state index is -0.412. The van der Waals surface area contributed by atoms with Crippen molar-refractivity contribution in [2.45, 2.75) is 6.61 Å². The van der Waals surface area contributed by atoms with Gasteiger partial charge in [0.15, 0.2) is 0 Å². The average molecular weight is 420 g/mol. The van der Waals surface area contributed by atoms with Crippen LogP contribution in [0.15, 0.2) is 60.0 Å². The van der Waals surface area contributed by atoms with Gasteiger partial charge < -0.3 is 4.74 Å². The topological polar surface area (TPSA) is 29.5 Å². The highest BCUT2D eigenvalue weighted by Crippen LogP contribution is 2.33. The molecule has 138 valence electrons. The van der Waals surface area contributed by atoms with Crippen molar-refractivity contribution in [1.82, 2.24) is 4.90 Å². The first-order chi connectivity index (χ1) is 13.0. The SMILES string of the molecule is C=CCN1C(=O)/C(=C\c2cccc(OCc3c(F)cccc3Cl)c2)SC1=S. The van der Waals surface area contributed by atoms with Gasteiger partial charge in [-0.3, -0.25) is 9.69 Å². The lowest BCUT2D eigenvalue weighted by Crippen LogP contribution is -2.27. The predicted molar refractivity (Wildman–Crippen MR) is 112 cm³/mol. The van der Waals surface area contributed by atoms with E-state index >= 15 is 0 Å². The average Bonchev–Trinajstić information content (AvgIpc) is 2.89. The third kappa shape index (κ3) is 4.58. The van der Waals surface area contributed by atoms with E-state index in [1.807, 2.05) is 6.07 Å². The molecule has 2 aromatic rings. The lowest BCUT2D eigenvalue weighted by Gasteiger charge is -2.10. The summed E-state index contributed by atoms with van der Waals surface area (Å²) in [5, 5.41) is 0.317. The van der Waals surface area contributed by atoms with Gasteiger partial charge in [0.05, 0.1) is 9.93 Å². The van der Waals surface area contributed by atoms with Gasteiger partial charge in [0.2, 0.25) is 0 Å². The number of benzene rings is 2. The summed E-state index contributed by atoms with van der Waals surface area (Å²) < 4.78 is 20.0. The van der Waals surface area contributed by atoms with Crippen molar-refractivity contribution < 1.29 is 13.9 Å². The van der Waals surface area contributed by atoms with Crippen LogP contribution in [0.4, 0.5) is 4.39 Å². The second-order valence-corrected chi connectivity index (χ2v) is 7.73. The third-order valence-corrected chi connectivity index (χ3v) is 5.52. The maximum Gasteiger partial charge on any atom is 0.266 e. The Morgan fingerprint density at radius 3 is 2.81 bits per heavy atom. The van der Waals surface area contributed by atoms with E-state index in [0.29, 0.717) is 32.1 Å². The van der Waals surface area contributed by atoms with Crippen LogP contribution >= 0.6 is 35.6 Å². The van der Waals surface area contributed by atoms with Crippen LogP contribution < -0.4 is 4.74 Å². The monoisotopic (exact) mass is 419 g/mol. The van der Waals surface area contributed by atoms with Crippen molar-refractivity contribution >= 4 is 51.9 Å². The Labute approximate surface area is 171 Å². The normalized spacial score (nSPS) is 15.5. The summed E-state index contributed by atoms with van der Waals surface area (Å²) in [4.78, 5) is 14.4. The van der Waals surface area contributed by atoms with Crippen molar-refractivity contribution in [3.05, 3.63) is 82.0 Å². The molecule has 0 bridgehead atoms. The minimum Gasteiger partial charge on any atom is -0.489 e. The molecule has 1 amide bonds. The Bertz CT molecular complexity index is 925. The van der Waals surface area contributed by atoms with Crippen LogP contribution in [-0.2, 0) is 11.4 Å². The molecule has 2 aromatic carbocycles. The smallest absolute Gasteiger partial charge is 0.266 e. The summed E-state index contributed by atoms with van der Waals surface area (Å²) in [6, 6.07) is 11.7. The quantitative estimate of drug-likeness (QED) is 0.354. The highest BCUT2D eigenvalue weighted by molar-refractivity contribution is 8.26. The first-order valence-electron chi connectivity index (χ1n) is 8.01. The van der Waals surface area contributed by atoms with E-state index in [9.17, 15) is 9.18 Å². The number of carbonyl (C=O) groups excluding carboxylic acids is 1. The number of thiocarbonyl (C=S) groups is 1. The van der Waals surface area contributed by atoms with E-state index in [1.54, 1.807) is 42.5 Å². The van der Waals surface area contributed by atoms with Gasteiger partial charge in [-0.1, -0.05) is 59.9 Å². The molecule has 3 nitrogen and oxygen atoms in total.